The molecule has 0 radical (unpaired) electrons. The van der Waals surface area contributed by atoms with Crippen LogP contribution in [-0.4, -0.2) is 25.7 Å². The van der Waals surface area contributed by atoms with Gasteiger partial charge in [0.05, 0.1) is 25.3 Å². The van der Waals surface area contributed by atoms with E-state index >= 15 is 0 Å². The highest BCUT2D eigenvalue weighted by Gasteiger charge is 2.34. The summed E-state index contributed by atoms with van der Waals surface area (Å²) in [5.74, 6) is 1.19. The molecule has 2 aliphatic heterocycles. The van der Waals surface area contributed by atoms with E-state index in [1.54, 1.807) is 7.11 Å². The van der Waals surface area contributed by atoms with Crippen molar-refractivity contribution in [2.45, 2.75) is 38.8 Å². The summed E-state index contributed by atoms with van der Waals surface area (Å²) in [4.78, 5) is 11.6. The van der Waals surface area contributed by atoms with Gasteiger partial charge in [0, 0.05) is 29.3 Å². The van der Waals surface area contributed by atoms with Crippen LogP contribution in [0.3, 0.4) is 0 Å². The summed E-state index contributed by atoms with van der Waals surface area (Å²) >= 11 is 0. The Kier molecular flexibility index (Phi) is 5.06. The van der Waals surface area contributed by atoms with Crippen molar-refractivity contribution in [1.82, 2.24) is 0 Å². The number of hydrogen-bond donors (Lipinski definition) is 1. The van der Waals surface area contributed by atoms with Crippen molar-refractivity contribution in [3.05, 3.63) is 59.7 Å². The van der Waals surface area contributed by atoms with Gasteiger partial charge in [-0.1, -0.05) is 24.3 Å². The first-order chi connectivity index (χ1) is 14.3. The number of fused-ring (bicyclic) bond motifs is 5. The van der Waals surface area contributed by atoms with Crippen LogP contribution in [-0.2, 0) is 9.53 Å². The minimum absolute atomic E-state index is 0.128. The lowest BCUT2D eigenvalue weighted by Crippen LogP contribution is -2.32. The van der Waals surface area contributed by atoms with Crippen LogP contribution < -0.4 is 14.8 Å². The first kappa shape index (κ1) is 20.1. The monoisotopic (exact) mass is 405 g/mol. The number of rotatable bonds is 4. The average molecular weight is 405 g/mol. The van der Waals surface area contributed by atoms with Crippen molar-refractivity contribution in [1.29, 1.82) is 0 Å². The molecule has 2 heterocycles. The molecular weight excluding hydrogens is 378 g/mol. The number of esters is 1. The second-order valence-corrected chi connectivity index (χ2v) is 8.22. The number of hydrogen-bond acceptors (Lipinski definition) is 5. The number of anilines is 1. The third kappa shape index (κ3) is 3.45. The van der Waals surface area contributed by atoms with Gasteiger partial charge in [-0.3, -0.25) is 0 Å². The maximum Gasteiger partial charge on any atom is 0.330 e. The number of nitrogens with one attached hydrogen (secondary N) is 1. The Morgan fingerprint density at radius 3 is 2.73 bits per heavy atom. The van der Waals surface area contributed by atoms with Crippen LogP contribution in [0.4, 0.5) is 5.69 Å². The number of carbonyl (C=O) groups is 1. The van der Waals surface area contributed by atoms with E-state index in [1.165, 1.54) is 18.8 Å². The van der Waals surface area contributed by atoms with E-state index in [0.29, 0.717) is 6.42 Å². The number of benzene rings is 2. The smallest absolute Gasteiger partial charge is 0.330 e. The molecule has 2 aromatic rings. The SMILES string of the molecule is COC(=O)/C=C/CC1Oc2cccc(OC)c2-c2ccc3c(c21)C(C)=CC(C)(C)N3. The van der Waals surface area contributed by atoms with Gasteiger partial charge >= 0.3 is 5.97 Å². The van der Waals surface area contributed by atoms with E-state index in [1.807, 2.05) is 24.3 Å². The van der Waals surface area contributed by atoms with Crippen LogP contribution in [0.5, 0.6) is 11.5 Å². The predicted octanol–water partition coefficient (Wildman–Crippen LogP) is 5.52. The topological polar surface area (TPSA) is 56.8 Å². The summed E-state index contributed by atoms with van der Waals surface area (Å²) < 4.78 is 16.8. The number of allylic oxidation sites excluding steroid dienone is 1. The van der Waals surface area contributed by atoms with Gasteiger partial charge in [0.25, 0.3) is 0 Å². The third-order valence-corrected chi connectivity index (χ3v) is 5.55. The van der Waals surface area contributed by atoms with E-state index in [0.717, 1.165) is 39.4 Å². The number of ether oxygens (including phenoxy) is 3. The van der Waals surface area contributed by atoms with Gasteiger partial charge in [-0.2, -0.15) is 0 Å². The molecule has 30 heavy (non-hydrogen) atoms. The Morgan fingerprint density at radius 1 is 1.20 bits per heavy atom. The van der Waals surface area contributed by atoms with Gasteiger partial charge in [0.15, 0.2) is 0 Å². The molecular formula is C25H27NO4. The van der Waals surface area contributed by atoms with Crippen molar-refractivity contribution in [3.8, 4) is 22.6 Å². The van der Waals surface area contributed by atoms with E-state index < -0.39 is 0 Å². The minimum atomic E-state index is -0.373. The van der Waals surface area contributed by atoms with Gasteiger partial charge in [-0.25, -0.2) is 4.79 Å². The molecule has 5 heteroatoms. The second kappa shape index (κ2) is 7.56. The molecule has 0 amide bonds. The molecule has 2 aromatic carbocycles. The van der Waals surface area contributed by atoms with Gasteiger partial charge in [-0.15, -0.1) is 0 Å². The standard InChI is InChI=1S/C25H27NO4/c1-15-14-25(2,3)26-17-13-12-16-23-18(28-4)8-6-9-19(23)30-20(24(16)22(15)17)10-7-11-21(27)29-5/h6-9,11-14,20,26H,10H2,1-5H3/b11-7+. The molecule has 5 nitrogen and oxygen atoms in total. The van der Waals surface area contributed by atoms with Gasteiger partial charge in [0.1, 0.15) is 17.6 Å². The fourth-order valence-corrected chi connectivity index (χ4v) is 4.48. The fraction of sp³-hybridized carbons (Fsp3) is 0.320. The number of methoxy groups -OCH3 is 2. The van der Waals surface area contributed by atoms with Gasteiger partial charge < -0.3 is 19.5 Å². The number of carbonyl (C=O) groups excluding carboxylic acids is 1. The Balaban J connectivity index is 1.90. The molecule has 0 spiro atoms. The molecule has 0 aromatic heterocycles. The third-order valence-electron chi connectivity index (χ3n) is 5.55. The first-order valence-electron chi connectivity index (χ1n) is 10.1. The fourth-order valence-electron chi connectivity index (χ4n) is 4.48. The molecule has 4 rings (SSSR count). The zero-order valence-corrected chi connectivity index (χ0v) is 18.0. The second-order valence-electron chi connectivity index (χ2n) is 8.22. The summed E-state index contributed by atoms with van der Waals surface area (Å²) in [7, 11) is 3.05. The molecule has 1 atom stereocenters. The van der Waals surface area contributed by atoms with E-state index in [4.69, 9.17) is 14.2 Å². The quantitative estimate of drug-likeness (QED) is 0.536. The van der Waals surface area contributed by atoms with Crippen molar-refractivity contribution in [2.24, 2.45) is 0 Å². The zero-order valence-electron chi connectivity index (χ0n) is 18.0. The molecule has 0 saturated heterocycles. The highest BCUT2D eigenvalue weighted by molar-refractivity contribution is 5.91. The Hall–Kier alpha value is -3.21. The Bertz CT molecular complexity index is 1070. The van der Waals surface area contributed by atoms with E-state index in [2.05, 4.69) is 44.3 Å². The van der Waals surface area contributed by atoms with Crippen LogP contribution in [0.2, 0.25) is 0 Å². The maximum atomic E-state index is 11.6. The highest BCUT2D eigenvalue weighted by atomic mass is 16.5. The lowest BCUT2D eigenvalue weighted by atomic mass is 9.81. The summed E-state index contributed by atoms with van der Waals surface area (Å²) in [6.45, 7) is 6.45. The Labute approximate surface area is 177 Å². The highest BCUT2D eigenvalue weighted by Crippen LogP contribution is 2.52. The molecule has 1 N–H and O–H groups in total. The predicted molar refractivity (Wildman–Crippen MR) is 119 cm³/mol. The normalized spacial score (nSPS) is 18.3. The molecule has 1 unspecified atom stereocenters. The van der Waals surface area contributed by atoms with Crippen LogP contribution in [0.15, 0.2) is 48.6 Å². The van der Waals surface area contributed by atoms with Gasteiger partial charge in [-0.05, 0) is 50.1 Å². The van der Waals surface area contributed by atoms with E-state index in [9.17, 15) is 4.79 Å². The van der Waals surface area contributed by atoms with Crippen LogP contribution in [0.25, 0.3) is 16.7 Å². The minimum Gasteiger partial charge on any atom is -0.496 e. The van der Waals surface area contributed by atoms with Crippen molar-refractivity contribution in [2.75, 3.05) is 19.5 Å². The molecule has 0 aliphatic carbocycles. The molecule has 0 fully saturated rings. The summed E-state index contributed by atoms with van der Waals surface area (Å²) in [5.41, 5.74) is 6.48. The zero-order chi connectivity index (χ0) is 21.5. The summed E-state index contributed by atoms with van der Waals surface area (Å²) in [5, 5.41) is 3.62. The molecule has 156 valence electrons. The average Bonchev–Trinajstić information content (AvgIpc) is 2.71. The maximum absolute atomic E-state index is 11.6. The van der Waals surface area contributed by atoms with Crippen LogP contribution in [0, 0.1) is 0 Å². The van der Waals surface area contributed by atoms with Crippen LogP contribution in [0.1, 0.15) is 44.4 Å². The molecule has 0 saturated carbocycles. The van der Waals surface area contributed by atoms with Crippen molar-refractivity contribution in [3.63, 3.8) is 0 Å². The summed E-state index contributed by atoms with van der Waals surface area (Å²) in [6, 6.07) is 10.1. The molecule has 2 aliphatic rings. The van der Waals surface area contributed by atoms with E-state index in [-0.39, 0.29) is 17.6 Å². The summed E-state index contributed by atoms with van der Waals surface area (Å²) in [6.07, 6.45) is 5.82. The molecule has 0 bridgehead atoms. The van der Waals surface area contributed by atoms with Gasteiger partial charge in [0.2, 0.25) is 0 Å². The first-order valence-corrected chi connectivity index (χ1v) is 10.1. The van der Waals surface area contributed by atoms with Crippen molar-refractivity contribution < 1.29 is 19.0 Å². The van der Waals surface area contributed by atoms with Crippen LogP contribution >= 0.6 is 0 Å². The Morgan fingerprint density at radius 2 is 2.00 bits per heavy atom. The lowest BCUT2D eigenvalue weighted by molar-refractivity contribution is -0.134. The lowest BCUT2D eigenvalue weighted by Gasteiger charge is -2.37. The van der Waals surface area contributed by atoms with Crippen molar-refractivity contribution >= 4 is 17.2 Å². The largest absolute Gasteiger partial charge is 0.496 e.